The highest BCUT2D eigenvalue weighted by Crippen LogP contribution is 2.39. The number of hydrogen-bond donors (Lipinski definition) is 1. The lowest BCUT2D eigenvalue weighted by molar-refractivity contribution is -0.159. The van der Waals surface area contributed by atoms with Gasteiger partial charge in [0.05, 0.1) is 18.1 Å². The number of carbonyl (C=O) groups excluding carboxylic acids is 2. The third kappa shape index (κ3) is 8.08. The third-order valence-corrected chi connectivity index (χ3v) is 8.43. The summed E-state index contributed by atoms with van der Waals surface area (Å²) in [6, 6.07) is 9.75. The fourth-order valence-electron chi connectivity index (χ4n) is 4.77. The van der Waals surface area contributed by atoms with E-state index in [-0.39, 0.29) is 34.8 Å². The second kappa shape index (κ2) is 13.5. The van der Waals surface area contributed by atoms with Gasteiger partial charge in [-0.2, -0.15) is 0 Å². The summed E-state index contributed by atoms with van der Waals surface area (Å²) >= 11 is 1.32. The number of unbranched alkanes of at least 4 members (excludes halogenated alkanes) is 1. The normalized spacial score (nSPS) is 21.7. The highest BCUT2D eigenvalue weighted by molar-refractivity contribution is 8.15. The van der Waals surface area contributed by atoms with Gasteiger partial charge >= 0.3 is 5.97 Å². The van der Waals surface area contributed by atoms with Gasteiger partial charge in [0.15, 0.2) is 0 Å². The maximum Gasteiger partial charge on any atom is 0.312 e. The molecule has 4 atom stereocenters. The number of ether oxygens (including phenoxy) is 2. The molecule has 0 aromatic heterocycles. The molecule has 0 saturated heterocycles. The molecule has 0 fully saturated rings. The van der Waals surface area contributed by atoms with E-state index in [4.69, 9.17) is 9.47 Å². The Morgan fingerprint density at radius 1 is 1.11 bits per heavy atom. The summed E-state index contributed by atoms with van der Waals surface area (Å²) in [4.78, 5) is 25.4. The van der Waals surface area contributed by atoms with Gasteiger partial charge in [0, 0.05) is 16.7 Å². The highest BCUT2D eigenvalue weighted by Gasteiger charge is 2.38. The van der Waals surface area contributed by atoms with E-state index < -0.39 is 11.5 Å². The Kier molecular flexibility index (Phi) is 10.7. The Labute approximate surface area is 226 Å². The van der Waals surface area contributed by atoms with Gasteiger partial charge in [0.2, 0.25) is 5.12 Å². The van der Waals surface area contributed by atoms with Crippen molar-refractivity contribution in [3.8, 4) is 0 Å². The zero-order chi connectivity index (χ0) is 27.0. The Bertz CT molecular complexity index is 1010. The average Bonchev–Trinajstić information content (AvgIpc) is 2.86. The van der Waals surface area contributed by atoms with E-state index in [0.29, 0.717) is 31.1 Å². The highest BCUT2D eigenvalue weighted by atomic mass is 32.2. The molecule has 1 heterocycles. The Morgan fingerprint density at radius 2 is 1.84 bits per heavy atom. The van der Waals surface area contributed by atoms with Gasteiger partial charge in [-0.05, 0) is 62.2 Å². The predicted molar refractivity (Wildman–Crippen MR) is 151 cm³/mol. The van der Waals surface area contributed by atoms with Gasteiger partial charge in [0.25, 0.3) is 0 Å². The van der Waals surface area contributed by atoms with E-state index in [1.54, 1.807) is 0 Å². The number of carbonyl (C=O) groups is 2. The van der Waals surface area contributed by atoms with Crippen LogP contribution in [0.15, 0.2) is 60.4 Å². The number of aliphatic hydroxyl groups excluding tert-OH is 1. The van der Waals surface area contributed by atoms with Gasteiger partial charge < -0.3 is 14.6 Å². The van der Waals surface area contributed by atoms with Crippen molar-refractivity contribution >= 4 is 28.4 Å². The van der Waals surface area contributed by atoms with E-state index in [1.807, 2.05) is 55.5 Å². The number of thioether (sulfide) groups is 1. The van der Waals surface area contributed by atoms with Crippen molar-refractivity contribution in [3.05, 3.63) is 66.0 Å². The summed E-state index contributed by atoms with van der Waals surface area (Å²) in [6.45, 7) is 11.0. The fourth-order valence-corrected chi connectivity index (χ4v) is 5.86. The zero-order valence-electron chi connectivity index (χ0n) is 22.8. The number of hydrogen-bond acceptors (Lipinski definition) is 6. The molecule has 202 valence electrons. The molecule has 0 saturated carbocycles. The van der Waals surface area contributed by atoms with Crippen LogP contribution >= 0.6 is 11.8 Å². The minimum Gasteiger partial charge on any atom is -0.491 e. The van der Waals surface area contributed by atoms with Crippen molar-refractivity contribution in [2.24, 2.45) is 23.2 Å². The Morgan fingerprint density at radius 3 is 2.51 bits per heavy atom. The molecule has 2 aliphatic rings. The minimum absolute atomic E-state index is 0.000916. The van der Waals surface area contributed by atoms with Crippen molar-refractivity contribution < 1.29 is 24.2 Å². The van der Waals surface area contributed by atoms with E-state index >= 15 is 0 Å². The van der Waals surface area contributed by atoms with Crippen molar-refractivity contribution in [1.29, 1.82) is 0 Å². The van der Waals surface area contributed by atoms with Crippen LogP contribution in [0, 0.1) is 23.2 Å². The molecule has 1 aliphatic carbocycles. The molecule has 6 heteroatoms. The van der Waals surface area contributed by atoms with Gasteiger partial charge in [0.1, 0.15) is 12.4 Å². The quantitative estimate of drug-likeness (QED) is 0.231. The standard InChI is InChI=1S/C31H42O5S/c1-21(2)19-31(5,22(3)4)30(34)35-16-10-9-13-25(32)20-36-26-15-14-24-17-27(23-11-7-6-8-12-23)29(33)37-28(24)18-26/h6-8,11-12,14-15,17-18,21-22,24-25,28,32H,9-10,13,16,19-20H2,1-5H3. The molecular formula is C31H42O5S. The van der Waals surface area contributed by atoms with Crippen molar-refractivity contribution in [3.63, 3.8) is 0 Å². The number of aliphatic hydroxyl groups is 1. The smallest absolute Gasteiger partial charge is 0.312 e. The first-order valence-corrected chi connectivity index (χ1v) is 14.3. The fraction of sp³-hybridized carbons (Fsp3) is 0.548. The topological polar surface area (TPSA) is 72.8 Å². The summed E-state index contributed by atoms with van der Waals surface area (Å²) in [5, 5.41) is 10.4. The molecule has 0 spiro atoms. The first kappa shape index (κ1) is 29.2. The largest absolute Gasteiger partial charge is 0.491 e. The SMILES string of the molecule is CC(C)CC(C)(C(=O)OCCCCC(O)COC1=CC2SC(=O)C(c3ccccc3)=CC2C=C1)C(C)C. The lowest BCUT2D eigenvalue weighted by Gasteiger charge is -2.32. The van der Waals surface area contributed by atoms with Gasteiger partial charge in [-0.3, -0.25) is 9.59 Å². The maximum atomic E-state index is 12.7. The first-order valence-electron chi connectivity index (χ1n) is 13.5. The van der Waals surface area contributed by atoms with Gasteiger partial charge in [-0.25, -0.2) is 0 Å². The number of rotatable bonds is 13. The van der Waals surface area contributed by atoms with Gasteiger partial charge in [-0.1, -0.05) is 81.9 Å². The molecule has 4 unspecified atom stereocenters. The van der Waals surface area contributed by atoms with Crippen LogP contribution < -0.4 is 0 Å². The monoisotopic (exact) mass is 526 g/mol. The van der Waals surface area contributed by atoms with Gasteiger partial charge in [-0.15, -0.1) is 0 Å². The molecule has 1 aromatic rings. The second-order valence-corrected chi connectivity index (χ2v) is 12.2. The maximum absolute atomic E-state index is 12.7. The number of allylic oxidation sites excluding steroid dienone is 3. The van der Waals surface area contributed by atoms with Crippen molar-refractivity contribution in [2.45, 2.75) is 71.7 Å². The van der Waals surface area contributed by atoms with Crippen LogP contribution in [0.4, 0.5) is 0 Å². The zero-order valence-corrected chi connectivity index (χ0v) is 23.6. The molecule has 0 amide bonds. The van der Waals surface area contributed by atoms with Crippen LogP contribution in [0.5, 0.6) is 0 Å². The van der Waals surface area contributed by atoms with E-state index in [2.05, 4.69) is 33.8 Å². The Hall–Kier alpha value is -2.31. The molecule has 1 N–H and O–H groups in total. The summed E-state index contributed by atoms with van der Waals surface area (Å²) in [5.41, 5.74) is 1.23. The van der Waals surface area contributed by atoms with Crippen molar-refractivity contribution in [1.82, 2.24) is 0 Å². The van der Waals surface area contributed by atoms with Crippen LogP contribution in [0.3, 0.4) is 0 Å². The van der Waals surface area contributed by atoms with E-state index in [0.717, 1.165) is 24.0 Å². The minimum atomic E-state index is -0.602. The van der Waals surface area contributed by atoms with Crippen LogP contribution in [-0.2, 0) is 19.1 Å². The molecule has 0 radical (unpaired) electrons. The molecule has 5 nitrogen and oxygen atoms in total. The molecular weight excluding hydrogens is 484 g/mol. The van der Waals surface area contributed by atoms with Crippen LogP contribution in [0.2, 0.25) is 0 Å². The third-order valence-electron chi connectivity index (χ3n) is 7.28. The molecule has 1 aliphatic heterocycles. The molecule has 37 heavy (non-hydrogen) atoms. The van der Waals surface area contributed by atoms with Crippen LogP contribution in [-0.4, -0.2) is 40.8 Å². The number of fused-ring (bicyclic) bond motifs is 1. The lowest BCUT2D eigenvalue weighted by atomic mass is 9.73. The average molecular weight is 527 g/mol. The summed E-state index contributed by atoms with van der Waals surface area (Å²) in [7, 11) is 0. The van der Waals surface area contributed by atoms with Crippen LogP contribution in [0.1, 0.15) is 65.9 Å². The first-order chi connectivity index (χ1) is 17.6. The number of benzene rings is 1. The lowest BCUT2D eigenvalue weighted by Crippen LogP contribution is -2.36. The summed E-state index contributed by atoms with van der Waals surface area (Å²) < 4.78 is 11.4. The number of esters is 1. The predicted octanol–water partition coefficient (Wildman–Crippen LogP) is 6.58. The summed E-state index contributed by atoms with van der Waals surface area (Å²) in [5.74, 6) is 1.33. The van der Waals surface area contributed by atoms with Crippen LogP contribution in [0.25, 0.3) is 5.57 Å². The molecule has 3 rings (SSSR count). The molecule has 1 aromatic carbocycles. The van der Waals surface area contributed by atoms with E-state index in [9.17, 15) is 14.7 Å². The van der Waals surface area contributed by atoms with Crippen molar-refractivity contribution in [2.75, 3.05) is 13.2 Å². The summed E-state index contributed by atoms with van der Waals surface area (Å²) in [6.07, 6.45) is 10.2. The second-order valence-electron chi connectivity index (χ2n) is 11.1. The molecule has 0 bridgehead atoms. The van der Waals surface area contributed by atoms with E-state index in [1.165, 1.54) is 11.8 Å². The Balaban J connectivity index is 1.38.